The van der Waals surface area contributed by atoms with E-state index in [1.54, 1.807) is 6.07 Å². The number of hydrogen-bond donors (Lipinski definition) is 1. The van der Waals surface area contributed by atoms with Crippen molar-refractivity contribution >= 4 is 11.4 Å². The van der Waals surface area contributed by atoms with E-state index in [0.29, 0.717) is 17.3 Å². The van der Waals surface area contributed by atoms with Crippen LogP contribution in [0.15, 0.2) is 18.2 Å². The van der Waals surface area contributed by atoms with Crippen LogP contribution in [-0.2, 0) is 0 Å². The van der Waals surface area contributed by atoms with Gasteiger partial charge in [-0.25, -0.2) is 0 Å². The summed E-state index contributed by atoms with van der Waals surface area (Å²) in [7, 11) is 0. The van der Waals surface area contributed by atoms with Crippen LogP contribution in [-0.4, -0.2) is 12.6 Å². The highest BCUT2D eigenvalue weighted by Crippen LogP contribution is 2.31. The molecule has 2 rings (SSSR count). The standard InChI is InChI=1S/C11H13N3/c1-8-4-5-14(8)11-3-2-9(7-12)6-10(11)13/h2-3,6,8H,4-5,13H2,1H3. The third-order valence-corrected chi connectivity index (χ3v) is 2.79. The Kier molecular flexibility index (Phi) is 2.05. The van der Waals surface area contributed by atoms with E-state index in [1.807, 2.05) is 12.1 Å². The summed E-state index contributed by atoms with van der Waals surface area (Å²) < 4.78 is 0. The fourth-order valence-electron chi connectivity index (χ4n) is 1.76. The van der Waals surface area contributed by atoms with Crippen LogP contribution < -0.4 is 10.6 Å². The Labute approximate surface area is 83.7 Å². The highest BCUT2D eigenvalue weighted by Gasteiger charge is 2.24. The van der Waals surface area contributed by atoms with Gasteiger partial charge in [0.2, 0.25) is 0 Å². The molecule has 1 aliphatic heterocycles. The Bertz CT molecular complexity index is 392. The molecule has 0 aromatic heterocycles. The van der Waals surface area contributed by atoms with Gasteiger partial charge in [-0.1, -0.05) is 0 Å². The summed E-state index contributed by atoms with van der Waals surface area (Å²) in [6.07, 6.45) is 1.22. The third kappa shape index (κ3) is 1.29. The van der Waals surface area contributed by atoms with Crippen LogP contribution in [0.4, 0.5) is 11.4 Å². The van der Waals surface area contributed by atoms with Crippen LogP contribution in [0.3, 0.4) is 0 Å². The van der Waals surface area contributed by atoms with Gasteiger partial charge in [-0.15, -0.1) is 0 Å². The molecule has 0 spiro atoms. The summed E-state index contributed by atoms with van der Waals surface area (Å²) in [5, 5.41) is 8.70. The minimum absolute atomic E-state index is 0.574. The van der Waals surface area contributed by atoms with E-state index in [2.05, 4.69) is 17.9 Å². The van der Waals surface area contributed by atoms with E-state index in [-0.39, 0.29) is 0 Å². The molecule has 1 aromatic rings. The van der Waals surface area contributed by atoms with Gasteiger partial charge in [-0.2, -0.15) is 5.26 Å². The number of nitrogen functional groups attached to an aromatic ring is 1. The predicted octanol–water partition coefficient (Wildman–Crippen LogP) is 1.74. The van der Waals surface area contributed by atoms with Crippen LogP contribution in [0.5, 0.6) is 0 Å². The van der Waals surface area contributed by atoms with Crippen molar-refractivity contribution < 1.29 is 0 Å². The normalized spacial score (nSPS) is 20.0. The molecule has 2 N–H and O–H groups in total. The first-order valence-corrected chi connectivity index (χ1v) is 4.78. The predicted molar refractivity (Wildman–Crippen MR) is 57.0 cm³/mol. The topological polar surface area (TPSA) is 53.0 Å². The highest BCUT2D eigenvalue weighted by atomic mass is 15.2. The summed E-state index contributed by atoms with van der Waals surface area (Å²) in [5.41, 5.74) is 8.26. The van der Waals surface area contributed by atoms with Crippen molar-refractivity contribution in [1.82, 2.24) is 0 Å². The smallest absolute Gasteiger partial charge is 0.0992 e. The Morgan fingerprint density at radius 2 is 2.36 bits per heavy atom. The lowest BCUT2D eigenvalue weighted by molar-refractivity contribution is 0.482. The second kappa shape index (κ2) is 3.22. The largest absolute Gasteiger partial charge is 0.397 e. The second-order valence-corrected chi connectivity index (χ2v) is 3.72. The third-order valence-electron chi connectivity index (χ3n) is 2.79. The molecule has 3 nitrogen and oxygen atoms in total. The number of nitrogens with two attached hydrogens (primary N) is 1. The lowest BCUT2D eigenvalue weighted by atomic mass is 10.0. The lowest BCUT2D eigenvalue weighted by Crippen LogP contribution is -2.46. The first kappa shape index (κ1) is 8.89. The van der Waals surface area contributed by atoms with Crippen molar-refractivity contribution in [2.45, 2.75) is 19.4 Å². The van der Waals surface area contributed by atoms with E-state index >= 15 is 0 Å². The number of nitrogens with zero attached hydrogens (tertiary/aromatic N) is 2. The molecule has 1 unspecified atom stereocenters. The van der Waals surface area contributed by atoms with Crippen molar-refractivity contribution in [1.29, 1.82) is 5.26 Å². The van der Waals surface area contributed by atoms with Gasteiger partial charge in [-0.3, -0.25) is 0 Å². The van der Waals surface area contributed by atoms with Gasteiger partial charge in [0.15, 0.2) is 0 Å². The molecular weight excluding hydrogens is 174 g/mol. The van der Waals surface area contributed by atoms with Crippen molar-refractivity contribution in [3.8, 4) is 6.07 Å². The summed E-state index contributed by atoms with van der Waals surface area (Å²) >= 11 is 0. The monoisotopic (exact) mass is 187 g/mol. The van der Waals surface area contributed by atoms with Crippen molar-refractivity contribution in [3.63, 3.8) is 0 Å². The van der Waals surface area contributed by atoms with Gasteiger partial charge in [0.25, 0.3) is 0 Å². The van der Waals surface area contributed by atoms with Crippen LogP contribution in [0, 0.1) is 11.3 Å². The average molecular weight is 187 g/mol. The number of anilines is 2. The van der Waals surface area contributed by atoms with E-state index in [1.165, 1.54) is 6.42 Å². The lowest BCUT2D eigenvalue weighted by Gasteiger charge is -2.41. The van der Waals surface area contributed by atoms with Gasteiger partial charge in [-0.05, 0) is 31.5 Å². The summed E-state index contributed by atoms with van der Waals surface area (Å²) in [6, 6.07) is 8.14. The molecule has 1 aromatic carbocycles. The maximum Gasteiger partial charge on any atom is 0.0992 e. The number of hydrogen-bond acceptors (Lipinski definition) is 3. The summed E-state index contributed by atoms with van der Waals surface area (Å²) in [4.78, 5) is 2.26. The Morgan fingerprint density at radius 3 is 2.79 bits per heavy atom. The first-order valence-electron chi connectivity index (χ1n) is 4.78. The molecular formula is C11H13N3. The van der Waals surface area contributed by atoms with Gasteiger partial charge in [0, 0.05) is 12.6 Å². The second-order valence-electron chi connectivity index (χ2n) is 3.72. The minimum atomic E-state index is 0.574. The Balaban J connectivity index is 2.32. The van der Waals surface area contributed by atoms with E-state index in [9.17, 15) is 0 Å². The SMILES string of the molecule is CC1CCN1c1ccc(C#N)cc1N. The Hall–Kier alpha value is -1.69. The zero-order valence-corrected chi connectivity index (χ0v) is 8.20. The van der Waals surface area contributed by atoms with Crippen molar-refractivity contribution in [2.24, 2.45) is 0 Å². The molecule has 0 aliphatic carbocycles. The van der Waals surface area contributed by atoms with Gasteiger partial charge in [0.1, 0.15) is 0 Å². The van der Waals surface area contributed by atoms with Crippen LogP contribution in [0.1, 0.15) is 18.9 Å². The van der Waals surface area contributed by atoms with Gasteiger partial charge >= 0.3 is 0 Å². The molecule has 0 radical (unpaired) electrons. The molecule has 0 saturated carbocycles. The fourth-order valence-corrected chi connectivity index (χ4v) is 1.76. The van der Waals surface area contributed by atoms with Gasteiger partial charge in [0.05, 0.1) is 23.0 Å². The molecule has 1 fully saturated rings. The number of benzene rings is 1. The zero-order valence-electron chi connectivity index (χ0n) is 8.20. The fraction of sp³-hybridized carbons (Fsp3) is 0.364. The molecule has 1 saturated heterocycles. The zero-order chi connectivity index (χ0) is 10.1. The van der Waals surface area contributed by atoms with Crippen molar-refractivity contribution in [2.75, 3.05) is 17.2 Å². The summed E-state index contributed by atoms with van der Waals surface area (Å²) in [5.74, 6) is 0. The molecule has 1 atom stereocenters. The minimum Gasteiger partial charge on any atom is -0.397 e. The van der Waals surface area contributed by atoms with Crippen LogP contribution in [0.25, 0.3) is 0 Å². The molecule has 1 heterocycles. The number of nitriles is 1. The van der Waals surface area contributed by atoms with E-state index in [4.69, 9.17) is 11.0 Å². The van der Waals surface area contributed by atoms with E-state index < -0.39 is 0 Å². The Morgan fingerprint density at radius 1 is 1.57 bits per heavy atom. The quantitative estimate of drug-likeness (QED) is 0.681. The van der Waals surface area contributed by atoms with Crippen LogP contribution in [0.2, 0.25) is 0 Å². The van der Waals surface area contributed by atoms with E-state index in [0.717, 1.165) is 12.2 Å². The first-order chi connectivity index (χ1) is 6.72. The van der Waals surface area contributed by atoms with Crippen molar-refractivity contribution in [3.05, 3.63) is 23.8 Å². The maximum absolute atomic E-state index is 8.70. The molecule has 72 valence electrons. The van der Waals surface area contributed by atoms with Crippen LogP contribution >= 0.6 is 0 Å². The average Bonchev–Trinajstić information content (AvgIpc) is 2.18. The summed E-state index contributed by atoms with van der Waals surface area (Å²) in [6.45, 7) is 3.25. The van der Waals surface area contributed by atoms with Gasteiger partial charge < -0.3 is 10.6 Å². The highest BCUT2D eigenvalue weighted by molar-refractivity contribution is 5.70. The molecule has 14 heavy (non-hydrogen) atoms. The maximum atomic E-state index is 8.70. The molecule has 0 bridgehead atoms. The molecule has 1 aliphatic rings. The molecule has 3 heteroatoms. The number of rotatable bonds is 1. The molecule has 0 amide bonds.